The van der Waals surface area contributed by atoms with E-state index in [0.29, 0.717) is 0 Å². The molecule has 3 aromatic heterocycles. The molecular formula is C19H15N2O+. The Hall–Kier alpha value is -2.94. The zero-order valence-corrected chi connectivity index (χ0v) is 12.2. The summed E-state index contributed by atoms with van der Waals surface area (Å²) in [5, 5.41) is 1.11. The predicted molar refractivity (Wildman–Crippen MR) is 86.1 cm³/mol. The maximum absolute atomic E-state index is 6.06. The second-order valence-electron chi connectivity index (χ2n) is 5.27. The third kappa shape index (κ3) is 2.07. The third-order valence-corrected chi connectivity index (χ3v) is 3.83. The van der Waals surface area contributed by atoms with Crippen LogP contribution in [0, 0.1) is 0 Å². The Kier molecular flexibility index (Phi) is 2.97. The summed E-state index contributed by atoms with van der Waals surface area (Å²) in [6.07, 6.45) is 5.66. The van der Waals surface area contributed by atoms with E-state index in [1.807, 2.05) is 62.0 Å². The number of hydrogen-bond acceptors (Lipinski definition) is 2. The Morgan fingerprint density at radius 2 is 1.77 bits per heavy atom. The predicted octanol–water partition coefficient (Wildman–Crippen LogP) is 3.99. The summed E-state index contributed by atoms with van der Waals surface area (Å²) in [4.78, 5) is 4.10. The molecule has 0 saturated carbocycles. The molecule has 0 atom stereocenters. The van der Waals surface area contributed by atoms with Gasteiger partial charge in [-0.3, -0.25) is 4.98 Å². The lowest BCUT2D eigenvalue weighted by molar-refractivity contribution is -0.660. The van der Waals surface area contributed by atoms with Crippen molar-refractivity contribution in [2.24, 2.45) is 7.05 Å². The zero-order chi connectivity index (χ0) is 14.9. The molecule has 0 spiro atoms. The average Bonchev–Trinajstić information content (AvgIpc) is 2.99. The standard InChI is InChI=1S/C19H15N2O/c1-21-12-4-6-16(14-8-10-20-11-9-14)19(21)18-13-15-5-2-3-7-17(15)22-18/h2-13H,1H3/q+1. The molecule has 0 radical (unpaired) electrons. The van der Waals surface area contributed by atoms with Crippen molar-refractivity contribution in [3.8, 4) is 22.6 Å². The van der Waals surface area contributed by atoms with Crippen molar-refractivity contribution in [1.82, 2.24) is 4.98 Å². The van der Waals surface area contributed by atoms with E-state index in [0.717, 1.165) is 33.6 Å². The highest BCUT2D eigenvalue weighted by molar-refractivity contribution is 5.85. The molecule has 0 aliphatic heterocycles. The molecule has 3 heteroatoms. The number of benzene rings is 1. The van der Waals surface area contributed by atoms with Gasteiger partial charge in [-0.1, -0.05) is 18.2 Å². The van der Waals surface area contributed by atoms with Crippen LogP contribution in [0.4, 0.5) is 0 Å². The Bertz CT molecular complexity index is 909. The average molecular weight is 287 g/mol. The van der Waals surface area contributed by atoms with Gasteiger partial charge >= 0.3 is 0 Å². The number of fused-ring (bicyclic) bond motifs is 1. The lowest BCUT2D eigenvalue weighted by Gasteiger charge is -2.05. The topological polar surface area (TPSA) is 29.9 Å². The first-order valence-electron chi connectivity index (χ1n) is 7.21. The highest BCUT2D eigenvalue weighted by Gasteiger charge is 2.20. The van der Waals surface area contributed by atoms with E-state index >= 15 is 0 Å². The molecule has 0 unspecified atom stereocenters. The molecule has 0 bridgehead atoms. The molecule has 0 aliphatic rings. The molecule has 4 aromatic rings. The number of hydrogen-bond donors (Lipinski definition) is 0. The van der Waals surface area contributed by atoms with E-state index in [1.165, 1.54) is 0 Å². The SMILES string of the molecule is C[n+]1cccc(-c2ccncc2)c1-c1cc2ccccc2o1. The fraction of sp³-hybridized carbons (Fsp3) is 0.0526. The fourth-order valence-corrected chi connectivity index (χ4v) is 2.78. The van der Waals surface area contributed by atoms with Crippen LogP contribution in [0.15, 0.2) is 77.6 Å². The van der Waals surface area contributed by atoms with Crippen molar-refractivity contribution in [2.75, 3.05) is 0 Å². The maximum Gasteiger partial charge on any atom is 0.255 e. The van der Waals surface area contributed by atoms with Gasteiger partial charge in [0, 0.05) is 23.8 Å². The van der Waals surface area contributed by atoms with Crippen molar-refractivity contribution in [3.05, 3.63) is 73.2 Å². The Morgan fingerprint density at radius 3 is 2.59 bits per heavy atom. The van der Waals surface area contributed by atoms with Gasteiger partial charge in [0.2, 0.25) is 0 Å². The van der Waals surface area contributed by atoms with E-state index in [1.54, 1.807) is 0 Å². The molecule has 0 amide bonds. The van der Waals surface area contributed by atoms with E-state index in [2.05, 4.69) is 27.8 Å². The van der Waals surface area contributed by atoms with E-state index in [4.69, 9.17) is 4.42 Å². The second-order valence-corrected chi connectivity index (χ2v) is 5.27. The van der Waals surface area contributed by atoms with Crippen LogP contribution in [0.5, 0.6) is 0 Å². The van der Waals surface area contributed by atoms with Gasteiger partial charge in [-0.2, -0.15) is 4.57 Å². The molecule has 4 rings (SSSR count). The molecule has 22 heavy (non-hydrogen) atoms. The first kappa shape index (κ1) is 12.8. The molecule has 0 aliphatic carbocycles. The first-order chi connectivity index (χ1) is 10.8. The van der Waals surface area contributed by atoms with Crippen molar-refractivity contribution in [1.29, 1.82) is 0 Å². The summed E-state index contributed by atoms with van der Waals surface area (Å²) in [7, 11) is 2.03. The smallest absolute Gasteiger partial charge is 0.255 e. The Balaban J connectivity index is 1.98. The van der Waals surface area contributed by atoms with Crippen molar-refractivity contribution in [2.45, 2.75) is 0 Å². The van der Waals surface area contributed by atoms with Gasteiger partial charge in [0.05, 0.1) is 5.56 Å². The number of furan rings is 1. The molecule has 0 N–H and O–H groups in total. The van der Waals surface area contributed by atoms with Gasteiger partial charge < -0.3 is 4.42 Å². The summed E-state index contributed by atoms with van der Waals surface area (Å²) in [6, 6.07) is 18.4. The molecule has 3 heterocycles. The summed E-state index contributed by atoms with van der Waals surface area (Å²) in [6.45, 7) is 0. The minimum Gasteiger partial charge on any atom is -0.450 e. The maximum atomic E-state index is 6.06. The van der Waals surface area contributed by atoms with Crippen molar-refractivity contribution >= 4 is 11.0 Å². The van der Waals surface area contributed by atoms with Crippen LogP contribution in [0.1, 0.15) is 0 Å². The van der Waals surface area contributed by atoms with Gasteiger partial charge in [0.15, 0.2) is 12.0 Å². The van der Waals surface area contributed by atoms with Crippen LogP contribution in [0.3, 0.4) is 0 Å². The Morgan fingerprint density at radius 1 is 0.955 bits per heavy atom. The van der Waals surface area contributed by atoms with E-state index in [-0.39, 0.29) is 0 Å². The van der Waals surface area contributed by atoms with Gasteiger partial charge in [-0.25, -0.2) is 0 Å². The second kappa shape index (κ2) is 5.11. The van der Waals surface area contributed by atoms with Gasteiger partial charge in [-0.05, 0) is 35.9 Å². The minimum atomic E-state index is 0.871. The van der Waals surface area contributed by atoms with Gasteiger partial charge in [-0.15, -0.1) is 0 Å². The summed E-state index contributed by atoms with van der Waals surface area (Å²) >= 11 is 0. The number of pyridine rings is 2. The summed E-state index contributed by atoms with van der Waals surface area (Å²) in [5.74, 6) is 0.871. The van der Waals surface area contributed by atoms with Crippen molar-refractivity contribution in [3.63, 3.8) is 0 Å². The lowest BCUT2D eigenvalue weighted by Crippen LogP contribution is -2.30. The number of aromatic nitrogens is 2. The monoisotopic (exact) mass is 287 g/mol. The van der Waals surface area contributed by atoms with Crippen molar-refractivity contribution < 1.29 is 8.98 Å². The zero-order valence-electron chi connectivity index (χ0n) is 12.2. The summed E-state index contributed by atoms with van der Waals surface area (Å²) in [5.41, 5.74) is 4.22. The highest BCUT2D eigenvalue weighted by Crippen LogP contribution is 2.32. The van der Waals surface area contributed by atoms with Crippen LogP contribution < -0.4 is 4.57 Å². The number of nitrogens with zero attached hydrogens (tertiary/aromatic N) is 2. The molecule has 1 aromatic carbocycles. The van der Waals surface area contributed by atoms with Crippen LogP contribution in [-0.2, 0) is 7.05 Å². The fourth-order valence-electron chi connectivity index (χ4n) is 2.78. The number of para-hydroxylation sites is 1. The number of aryl methyl sites for hydroxylation is 1. The van der Waals surface area contributed by atoms with E-state index in [9.17, 15) is 0 Å². The largest absolute Gasteiger partial charge is 0.450 e. The van der Waals surface area contributed by atoms with Crippen LogP contribution in [-0.4, -0.2) is 4.98 Å². The van der Waals surface area contributed by atoms with Crippen LogP contribution in [0.25, 0.3) is 33.6 Å². The summed E-state index contributed by atoms with van der Waals surface area (Å²) < 4.78 is 8.15. The molecular weight excluding hydrogens is 272 g/mol. The normalized spacial score (nSPS) is 11.0. The first-order valence-corrected chi connectivity index (χ1v) is 7.21. The quantitative estimate of drug-likeness (QED) is 0.522. The van der Waals surface area contributed by atoms with Crippen LogP contribution >= 0.6 is 0 Å². The molecule has 0 fully saturated rings. The van der Waals surface area contributed by atoms with Gasteiger partial charge in [0.25, 0.3) is 5.69 Å². The highest BCUT2D eigenvalue weighted by atomic mass is 16.3. The minimum absolute atomic E-state index is 0.871. The molecule has 106 valence electrons. The van der Waals surface area contributed by atoms with Crippen LogP contribution in [0.2, 0.25) is 0 Å². The molecule has 3 nitrogen and oxygen atoms in total. The van der Waals surface area contributed by atoms with E-state index < -0.39 is 0 Å². The third-order valence-electron chi connectivity index (χ3n) is 3.83. The van der Waals surface area contributed by atoms with Gasteiger partial charge in [0.1, 0.15) is 12.6 Å². The number of rotatable bonds is 2. The molecule has 0 saturated heterocycles. The lowest BCUT2D eigenvalue weighted by atomic mass is 10.0. The Labute approximate surface area is 128 Å².